The van der Waals surface area contributed by atoms with Gasteiger partial charge >= 0.3 is 0 Å². The normalized spacial score (nSPS) is 13.2. The quantitative estimate of drug-likeness (QED) is 0.783. The molecule has 3 nitrogen and oxygen atoms in total. The molecule has 0 aliphatic heterocycles. The minimum absolute atomic E-state index is 0.220. The molecular formula is C20H27NO2S. The Hall–Kier alpha value is -1.65. The Balaban J connectivity index is 2.21. The molecule has 2 aromatic rings. The number of hydrogen-bond donors (Lipinski definition) is 1. The third kappa shape index (κ3) is 4.46. The summed E-state index contributed by atoms with van der Waals surface area (Å²) >= 11 is 0. The van der Waals surface area contributed by atoms with Gasteiger partial charge in [-0.3, -0.25) is 0 Å². The van der Waals surface area contributed by atoms with Gasteiger partial charge in [-0.1, -0.05) is 64.1 Å². The van der Waals surface area contributed by atoms with Crippen molar-refractivity contribution < 1.29 is 8.42 Å². The number of sulfonamides is 1. The fraction of sp³-hybridized carbons (Fsp3) is 0.400. The highest BCUT2D eigenvalue weighted by atomic mass is 32.2. The lowest BCUT2D eigenvalue weighted by Crippen LogP contribution is -2.28. The minimum Gasteiger partial charge on any atom is -0.207 e. The van der Waals surface area contributed by atoms with Crippen LogP contribution in [0.2, 0.25) is 0 Å². The van der Waals surface area contributed by atoms with Crippen LogP contribution in [-0.2, 0) is 16.4 Å². The lowest BCUT2D eigenvalue weighted by molar-refractivity contribution is 0.550. The zero-order valence-corrected chi connectivity index (χ0v) is 15.7. The SMILES string of the molecule is CCc1ccc(S(=O)(=O)NC(CC)c2ccc(C(C)C)cc2)cc1. The third-order valence-corrected chi connectivity index (χ3v) is 5.84. The van der Waals surface area contributed by atoms with Crippen LogP contribution >= 0.6 is 0 Å². The molecule has 1 unspecified atom stereocenters. The highest BCUT2D eigenvalue weighted by molar-refractivity contribution is 7.89. The number of rotatable bonds is 7. The third-order valence-electron chi connectivity index (χ3n) is 4.35. The van der Waals surface area contributed by atoms with E-state index in [9.17, 15) is 8.42 Å². The van der Waals surface area contributed by atoms with Crippen molar-refractivity contribution >= 4 is 10.0 Å². The lowest BCUT2D eigenvalue weighted by Gasteiger charge is -2.18. The van der Waals surface area contributed by atoms with Crippen LogP contribution < -0.4 is 4.72 Å². The summed E-state index contributed by atoms with van der Waals surface area (Å²) in [6.45, 7) is 8.34. The Morgan fingerprint density at radius 1 is 0.875 bits per heavy atom. The first kappa shape index (κ1) is 18.7. The van der Waals surface area contributed by atoms with Crippen LogP contribution in [0, 0.1) is 0 Å². The molecule has 0 amide bonds. The molecule has 24 heavy (non-hydrogen) atoms. The molecule has 2 aromatic carbocycles. The van der Waals surface area contributed by atoms with Gasteiger partial charge in [0.2, 0.25) is 10.0 Å². The maximum absolute atomic E-state index is 12.6. The molecule has 0 aliphatic rings. The molecule has 0 saturated carbocycles. The molecule has 1 N–H and O–H groups in total. The average molecular weight is 346 g/mol. The molecule has 0 aliphatic carbocycles. The molecule has 0 saturated heterocycles. The fourth-order valence-electron chi connectivity index (χ4n) is 2.66. The van der Waals surface area contributed by atoms with Gasteiger partial charge in [0.15, 0.2) is 0 Å². The van der Waals surface area contributed by atoms with Gasteiger partial charge in [0.05, 0.1) is 4.90 Å². The van der Waals surface area contributed by atoms with Crippen molar-refractivity contribution in [3.63, 3.8) is 0 Å². The van der Waals surface area contributed by atoms with E-state index in [0.29, 0.717) is 17.2 Å². The number of hydrogen-bond acceptors (Lipinski definition) is 2. The topological polar surface area (TPSA) is 46.2 Å². The van der Waals surface area contributed by atoms with E-state index in [1.807, 2.05) is 31.2 Å². The van der Waals surface area contributed by atoms with Gasteiger partial charge in [-0.2, -0.15) is 0 Å². The second kappa shape index (κ2) is 7.95. The summed E-state index contributed by atoms with van der Waals surface area (Å²) in [7, 11) is -3.52. The van der Waals surface area contributed by atoms with Gasteiger partial charge in [-0.25, -0.2) is 13.1 Å². The second-order valence-electron chi connectivity index (χ2n) is 6.40. The maximum atomic E-state index is 12.6. The van der Waals surface area contributed by atoms with E-state index in [1.165, 1.54) is 5.56 Å². The van der Waals surface area contributed by atoms with Crippen LogP contribution in [0.5, 0.6) is 0 Å². The molecule has 0 bridgehead atoms. The van der Waals surface area contributed by atoms with Crippen LogP contribution in [0.1, 0.15) is 62.8 Å². The van der Waals surface area contributed by atoms with Gasteiger partial charge in [0.25, 0.3) is 0 Å². The first-order valence-electron chi connectivity index (χ1n) is 8.58. The molecule has 0 radical (unpaired) electrons. The largest absolute Gasteiger partial charge is 0.241 e. The molecule has 0 heterocycles. The zero-order chi connectivity index (χ0) is 17.7. The van der Waals surface area contributed by atoms with Crippen LogP contribution in [0.4, 0.5) is 0 Å². The van der Waals surface area contributed by atoms with Crippen molar-refractivity contribution in [1.29, 1.82) is 0 Å². The standard InChI is InChI=1S/C20H27NO2S/c1-5-16-7-13-19(14-8-16)24(22,23)21-20(6-2)18-11-9-17(10-12-18)15(3)4/h7-15,20-21H,5-6H2,1-4H3. The minimum atomic E-state index is -3.52. The Bertz CT molecular complexity index is 747. The predicted molar refractivity (Wildman–Crippen MR) is 99.7 cm³/mol. The van der Waals surface area contributed by atoms with Gasteiger partial charge in [-0.15, -0.1) is 0 Å². The van der Waals surface area contributed by atoms with Crippen molar-refractivity contribution in [3.05, 3.63) is 65.2 Å². The lowest BCUT2D eigenvalue weighted by atomic mass is 9.98. The van der Waals surface area contributed by atoms with Crippen molar-refractivity contribution in [2.75, 3.05) is 0 Å². The zero-order valence-electron chi connectivity index (χ0n) is 14.9. The first-order chi connectivity index (χ1) is 11.4. The summed E-state index contributed by atoms with van der Waals surface area (Å²) in [5.74, 6) is 0.466. The van der Waals surface area contributed by atoms with E-state index in [1.54, 1.807) is 12.1 Å². The monoisotopic (exact) mass is 345 g/mol. The number of benzene rings is 2. The molecule has 4 heteroatoms. The van der Waals surface area contributed by atoms with Gasteiger partial charge in [0.1, 0.15) is 0 Å². The summed E-state index contributed by atoms with van der Waals surface area (Å²) in [5.41, 5.74) is 3.38. The van der Waals surface area contributed by atoms with Gasteiger partial charge in [0, 0.05) is 6.04 Å². The first-order valence-corrected chi connectivity index (χ1v) is 10.1. The molecule has 2 rings (SSSR count). The van der Waals surface area contributed by atoms with Crippen LogP contribution in [0.15, 0.2) is 53.4 Å². The van der Waals surface area contributed by atoms with Crippen molar-refractivity contribution in [2.45, 2.75) is 57.4 Å². The Labute approximate surface area is 146 Å². The Morgan fingerprint density at radius 2 is 1.42 bits per heavy atom. The molecule has 130 valence electrons. The van der Waals surface area contributed by atoms with E-state index in [0.717, 1.165) is 17.5 Å². The maximum Gasteiger partial charge on any atom is 0.241 e. The molecule has 0 fully saturated rings. The van der Waals surface area contributed by atoms with Gasteiger partial charge < -0.3 is 0 Å². The number of aryl methyl sites for hydroxylation is 1. The summed E-state index contributed by atoms with van der Waals surface area (Å²) in [5, 5.41) is 0. The summed E-state index contributed by atoms with van der Waals surface area (Å²) in [6, 6.07) is 15.1. The van der Waals surface area contributed by atoms with Crippen LogP contribution in [0.3, 0.4) is 0 Å². The van der Waals surface area contributed by atoms with Crippen LogP contribution in [0.25, 0.3) is 0 Å². The summed E-state index contributed by atoms with van der Waals surface area (Å²) < 4.78 is 28.1. The Kier molecular flexibility index (Phi) is 6.19. The van der Waals surface area contributed by atoms with Crippen molar-refractivity contribution in [3.8, 4) is 0 Å². The van der Waals surface area contributed by atoms with E-state index in [-0.39, 0.29) is 6.04 Å². The van der Waals surface area contributed by atoms with Crippen LogP contribution in [-0.4, -0.2) is 8.42 Å². The number of nitrogens with one attached hydrogen (secondary N) is 1. The predicted octanol–water partition coefficient (Wildman–Crippen LogP) is 4.80. The van der Waals surface area contributed by atoms with E-state index >= 15 is 0 Å². The van der Waals surface area contributed by atoms with Crippen molar-refractivity contribution in [1.82, 2.24) is 4.72 Å². The molecule has 0 spiro atoms. The molecule has 1 atom stereocenters. The average Bonchev–Trinajstić information content (AvgIpc) is 2.60. The molecular weight excluding hydrogens is 318 g/mol. The second-order valence-corrected chi connectivity index (χ2v) is 8.11. The van der Waals surface area contributed by atoms with Crippen molar-refractivity contribution in [2.24, 2.45) is 0 Å². The Morgan fingerprint density at radius 3 is 1.88 bits per heavy atom. The smallest absolute Gasteiger partial charge is 0.207 e. The molecule has 0 aromatic heterocycles. The summed E-state index contributed by atoms with van der Waals surface area (Å²) in [6.07, 6.45) is 1.60. The van der Waals surface area contributed by atoms with E-state index in [4.69, 9.17) is 0 Å². The van der Waals surface area contributed by atoms with Gasteiger partial charge in [-0.05, 0) is 47.6 Å². The summed E-state index contributed by atoms with van der Waals surface area (Å²) in [4.78, 5) is 0.317. The highest BCUT2D eigenvalue weighted by Crippen LogP contribution is 2.23. The highest BCUT2D eigenvalue weighted by Gasteiger charge is 2.20. The van der Waals surface area contributed by atoms with E-state index in [2.05, 4.69) is 37.6 Å². The van der Waals surface area contributed by atoms with E-state index < -0.39 is 10.0 Å². The fourth-order valence-corrected chi connectivity index (χ4v) is 3.97.